The molecule has 0 aliphatic rings. The smallest absolute Gasteiger partial charge is 0.201 e. The molecule has 0 unspecified atom stereocenters. The molecular formula is C12H8N6. The predicted octanol–water partition coefficient (Wildman–Crippen LogP) is 1.90. The minimum Gasteiger partial charge on any atom is -0.343 e. The maximum Gasteiger partial charge on any atom is 0.201 e. The van der Waals surface area contributed by atoms with Gasteiger partial charge in [-0.1, -0.05) is 12.1 Å². The number of rotatable bonds is 1. The number of benzene rings is 1. The third-order valence-electron chi connectivity index (χ3n) is 2.80. The van der Waals surface area contributed by atoms with Gasteiger partial charge in [-0.25, -0.2) is 15.0 Å². The molecule has 2 N–H and O–H groups in total. The molecule has 0 bridgehead atoms. The minimum absolute atomic E-state index is 0.597. The zero-order valence-electron chi connectivity index (χ0n) is 9.25. The molecule has 3 heterocycles. The van der Waals surface area contributed by atoms with Crippen molar-refractivity contribution in [2.75, 3.05) is 0 Å². The van der Waals surface area contributed by atoms with Crippen molar-refractivity contribution in [1.82, 2.24) is 30.1 Å². The van der Waals surface area contributed by atoms with E-state index in [0.29, 0.717) is 11.5 Å². The summed E-state index contributed by atoms with van der Waals surface area (Å²) in [5.74, 6) is 0.710. The van der Waals surface area contributed by atoms with Gasteiger partial charge in [-0.15, -0.1) is 0 Å². The summed E-state index contributed by atoms with van der Waals surface area (Å²) in [4.78, 5) is 16.3. The number of aromatic nitrogens is 6. The fourth-order valence-corrected chi connectivity index (χ4v) is 1.97. The van der Waals surface area contributed by atoms with E-state index in [1.54, 1.807) is 12.4 Å². The third-order valence-corrected chi connectivity index (χ3v) is 2.80. The fourth-order valence-electron chi connectivity index (χ4n) is 1.97. The molecule has 0 aliphatic carbocycles. The molecule has 18 heavy (non-hydrogen) atoms. The topological polar surface area (TPSA) is 83.1 Å². The van der Waals surface area contributed by atoms with Gasteiger partial charge in [0.05, 0.1) is 11.0 Å². The Bertz CT molecular complexity index is 830. The lowest BCUT2D eigenvalue weighted by atomic mass is 10.3. The van der Waals surface area contributed by atoms with E-state index in [-0.39, 0.29) is 0 Å². The molecule has 4 rings (SSSR count). The van der Waals surface area contributed by atoms with Gasteiger partial charge in [0.1, 0.15) is 11.2 Å². The number of fused-ring (bicyclic) bond motifs is 2. The number of nitrogens with one attached hydrogen (secondary N) is 2. The number of hydrogen-bond donors (Lipinski definition) is 2. The summed E-state index contributed by atoms with van der Waals surface area (Å²) in [7, 11) is 0. The van der Waals surface area contributed by atoms with Crippen LogP contribution in [0.1, 0.15) is 0 Å². The van der Waals surface area contributed by atoms with Crippen LogP contribution in [-0.4, -0.2) is 30.1 Å². The van der Waals surface area contributed by atoms with Crippen molar-refractivity contribution in [3.8, 4) is 11.5 Å². The molecule has 0 amide bonds. The Hall–Kier alpha value is -2.76. The van der Waals surface area contributed by atoms with Crippen molar-refractivity contribution < 1.29 is 0 Å². The van der Waals surface area contributed by atoms with Crippen molar-refractivity contribution in [3.63, 3.8) is 0 Å². The molecule has 6 nitrogen and oxygen atoms in total. The number of para-hydroxylation sites is 2. The van der Waals surface area contributed by atoms with Crippen LogP contribution in [0.5, 0.6) is 0 Å². The summed E-state index contributed by atoms with van der Waals surface area (Å²) in [5.41, 5.74) is 3.76. The van der Waals surface area contributed by atoms with E-state index in [9.17, 15) is 0 Å². The molecule has 4 aromatic rings. The van der Waals surface area contributed by atoms with E-state index in [4.69, 9.17) is 0 Å². The second-order valence-corrected chi connectivity index (χ2v) is 3.92. The van der Waals surface area contributed by atoms with Gasteiger partial charge in [-0.2, -0.15) is 5.10 Å². The number of imidazole rings is 1. The van der Waals surface area contributed by atoms with Gasteiger partial charge >= 0.3 is 0 Å². The Balaban J connectivity index is 2.09. The Morgan fingerprint density at radius 3 is 2.61 bits per heavy atom. The minimum atomic E-state index is 0.597. The Labute approximate surface area is 101 Å². The molecule has 0 radical (unpaired) electrons. The summed E-state index contributed by atoms with van der Waals surface area (Å²) >= 11 is 0. The van der Waals surface area contributed by atoms with Gasteiger partial charge < -0.3 is 4.98 Å². The Morgan fingerprint density at radius 2 is 1.83 bits per heavy atom. The number of H-pyrrole nitrogens is 2. The standard InChI is InChI=1S/C12H8N6/c1-2-4-8-7(3-1)15-9-10(11-13-5-6-14-11)17-18-12(9)16-8/h1-6H,(H,13,14)(H,16,17,18). The first-order valence-electron chi connectivity index (χ1n) is 5.52. The van der Waals surface area contributed by atoms with Crippen LogP contribution in [0.4, 0.5) is 0 Å². The molecule has 1 aromatic carbocycles. The summed E-state index contributed by atoms with van der Waals surface area (Å²) in [6, 6.07) is 7.72. The highest BCUT2D eigenvalue weighted by Gasteiger charge is 2.12. The zero-order chi connectivity index (χ0) is 11.9. The number of nitrogens with zero attached hydrogens (tertiary/aromatic N) is 4. The molecule has 86 valence electrons. The predicted molar refractivity (Wildman–Crippen MR) is 66.8 cm³/mol. The summed E-state index contributed by atoms with van der Waals surface area (Å²) < 4.78 is 0. The first kappa shape index (κ1) is 9.29. The van der Waals surface area contributed by atoms with Crippen LogP contribution in [0.3, 0.4) is 0 Å². The quantitative estimate of drug-likeness (QED) is 0.528. The van der Waals surface area contributed by atoms with Gasteiger partial charge in [0.2, 0.25) is 5.65 Å². The molecule has 3 aromatic heterocycles. The van der Waals surface area contributed by atoms with Crippen molar-refractivity contribution in [2.45, 2.75) is 0 Å². The third kappa shape index (κ3) is 1.22. The Kier molecular flexibility index (Phi) is 1.74. The SMILES string of the molecule is c1ccc2nc3c(-c4ncc[nH]4)[nH]nc3nc2c1. The summed E-state index contributed by atoms with van der Waals surface area (Å²) in [6.45, 7) is 0. The monoisotopic (exact) mass is 236 g/mol. The van der Waals surface area contributed by atoms with Crippen molar-refractivity contribution in [3.05, 3.63) is 36.7 Å². The summed E-state index contributed by atoms with van der Waals surface area (Å²) in [5, 5.41) is 7.09. The average molecular weight is 236 g/mol. The fraction of sp³-hybridized carbons (Fsp3) is 0. The van der Waals surface area contributed by atoms with Gasteiger partial charge in [-0.3, -0.25) is 5.10 Å². The highest BCUT2D eigenvalue weighted by atomic mass is 15.2. The van der Waals surface area contributed by atoms with Crippen LogP contribution in [0.15, 0.2) is 36.7 Å². The van der Waals surface area contributed by atoms with Crippen LogP contribution >= 0.6 is 0 Å². The highest BCUT2D eigenvalue weighted by Crippen LogP contribution is 2.22. The first-order valence-corrected chi connectivity index (χ1v) is 5.52. The zero-order valence-corrected chi connectivity index (χ0v) is 9.25. The van der Waals surface area contributed by atoms with Gasteiger partial charge in [0.25, 0.3) is 0 Å². The van der Waals surface area contributed by atoms with Gasteiger partial charge in [0, 0.05) is 12.4 Å². The van der Waals surface area contributed by atoms with Crippen LogP contribution in [0.2, 0.25) is 0 Å². The van der Waals surface area contributed by atoms with Crippen LogP contribution in [-0.2, 0) is 0 Å². The van der Waals surface area contributed by atoms with Crippen LogP contribution in [0.25, 0.3) is 33.7 Å². The molecule has 0 aliphatic heterocycles. The van der Waals surface area contributed by atoms with E-state index in [0.717, 1.165) is 22.2 Å². The molecule has 6 heteroatoms. The van der Waals surface area contributed by atoms with Crippen molar-refractivity contribution in [2.24, 2.45) is 0 Å². The van der Waals surface area contributed by atoms with Crippen molar-refractivity contribution >= 4 is 22.2 Å². The summed E-state index contributed by atoms with van der Waals surface area (Å²) in [6.07, 6.45) is 3.45. The lowest BCUT2D eigenvalue weighted by Crippen LogP contribution is -1.87. The van der Waals surface area contributed by atoms with Gasteiger partial charge in [-0.05, 0) is 12.1 Å². The van der Waals surface area contributed by atoms with Gasteiger partial charge in [0.15, 0.2) is 5.82 Å². The highest BCUT2D eigenvalue weighted by molar-refractivity contribution is 5.91. The first-order chi connectivity index (χ1) is 8.92. The van der Waals surface area contributed by atoms with E-state index in [1.165, 1.54) is 0 Å². The second kappa shape index (κ2) is 3.36. The number of aromatic amines is 2. The van der Waals surface area contributed by atoms with E-state index < -0.39 is 0 Å². The maximum absolute atomic E-state index is 4.58. The number of hydrogen-bond acceptors (Lipinski definition) is 4. The van der Waals surface area contributed by atoms with Crippen LogP contribution < -0.4 is 0 Å². The lowest BCUT2D eigenvalue weighted by molar-refractivity contribution is 1.09. The molecule has 0 saturated carbocycles. The van der Waals surface area contributed by atoms with E-state index >= 15 is 0 Å². The molecule has 0 fully saturated rings. The molecular weight excluding hydrogens is 228 g/mol. The van der Waals surface area contributed by atoms with E-state index in [1.807, 2.05) is 24.3 Å². The lowest BCUT2D eigenvalue weighted by Gasteiger charge is -1.96. The molecule has 0 spiro atoms. The normalized spacial score (nSPS) is 11.3. The molecule has 0 atom stereocenters. The van der Waals surface area contributed by atoms with E-state index in [2.05, 4.69) is 30.1 Å². The average Bonchev–Trinajstić information content (AvgIpc) is 3.04. The maximum atomic E-state index is 4.58. The second-order valence-electron chi connectivity index (χ2n) is 3.92. The Morgan fingerprint density at radius 1 is 1.00 bits per heavy atom. The van der Waals surface area contributed by atoms with Crippen molar-refractivity contribution in [1.29, 1.82) is 0 Å². The largest absolute Gasteiger partial charge is 0.343 e. The van der Waals surface area contributed by atoms with Crippen LogP contribution in [0, 0.1) is 0 Å². The molecule has 0 saturated heterocycles.